The van der Waals surface area contributed by atoms with Crippen molar-refractivity contribution in [2.24, 2.45) is 0 Å². The van der Waals surface area contributed by atoms with Gasteiger partial charge < -0.3 is 100 Å². The molecule has 0 spiro atoms. The number of amides is 2. The molecule has 115 heavy (non-hydrogen) atoms. The van der Waals surface area contributed by atoms with Gasteiger partial charge in [0.15, 0.2) is 12.6 Å². The SMILES string of the molecule is CCCCCCCCCCCCCCC/C=C\C/C=C\CCCCCCCCCCCCCCCCCCCC(=O)NC(COC1OC(CO)C(OC2OC(CO)C(O)C(OC3(C(=O)O)CC(O)C(NC(C)=O)C(C(O)C(O)CO)O3)C2O)C(O)C1O)C(O)CCCCCCCCCCCCCCCCCCCCCCCCCC. The maximum atomic E-state index is 13.6. The highest BCUT2D eigenvalue weighted by Crippen LogP contribution is 2.39. The average Bonchev–Trinajstić information content (AvgIpc) is 0.747. The van der Waals surface area contributed by atoms with Crippen molar-refractivity contribution in [1.82, 2.24) is 10.6 Å². The van der Waals surface area contributed by atoms with Gasteiger partial charge in [0.25, 0.3) is 5.79 Å². The van der Waals surface area contributed by atoms with Crippen LogP contribution < -0.4 is 10.6 Å². The summed E-state index contributed by atoms with van der Waals surface area (Å²) in [4.78, 5) is 38.8. The Morgan fingerprint density at radius 1 is 0.452 bits per heavy atom. The van der Waals surface area contributed by atoms with Gasteiger partial charge >= 0.3 is 5.97 Å². The van der Waals surface area contributed by atoms with E-state index in [-0.39, 0.29) is 18.9 Å². The van der Waals surface area contributed by atoms with Crippen LogP contribution in [0, 0.1) is 0 Å². The fourth-order valence-corrected chi connectivity index (χ4v) is 16.5. The van der Waals surface area contributed by atoms with Gasteiger partial charge in [-0.1, -0.05) is 366 Å². The molecule has 18 unspecified atom stereocenters. The number of ether oxygens (including phenoxy) is 6. The Hall–Kier alpha value is -2.79. The molecule has 3 aliphatic rings. The van der Waals surface area contributed by atoms with Crippen molar-refractivity contribution >= 4 is 17.8 Å². The van der Waals surface area contributed by atoms with Crippen LogP contribution in [0.3, 0.4) is 0 Å². The molecule has 2 amide bonds. The lowest BCUT2D eigenvalue weighted by molar-refractivity contribution is -0.386. The Kier molecular flexibility index (Phi) is 64.5. The number of allylic oxidation sites excluding steroid dienone is 4. The van der Waals surface area contributed by atoms with Crippen molar-refractivity contribution in [3.63, 3.8) is 0 Å². The van der Waals surface area contributed by atoms with Crippen molar-refractivity contribution < 1.29 is 104 Å². The second-order valence-electron chi connectivity index (χ2n) is 34.2. The van der Waals surface area contributed by atoms with Crippen molar-refractivity contribution in [2.45, 2.75) is 516 Å². The molecule has 3 fully saturated rings. The van der Waals surface area contributed by atoms with E-state index in [1.165, 1.54) is 295 Å². The molecule has 0 aromatic rings. The summed E-state index contributed by atoms with van der Waals surface area (Å²) in [6.45, 7) is 2.29. The highest BCUT2D eigenvalue weighted by atomic mass is 16.8. The lowest BCUT2D eigenvalue weighted by Crippen LogP contribution is -2.70. The number of carboxylic acids is 1. The molecule has 18 atom stereocenters. The average molecular weight is 1640 g/mol. The monoisotopic (exact) mass is 1640 g/mol. The Balaban J connectivity index is 1.41. The molecule has 3 heterocycles. The van der Waals surface area contributed by atoms with Gasteiger partial charge in [0.05, 0.1) is 50.7 Å². The first kappa shape index (κ1) is 106. The summed E-state index contributed by atoms with van der Waals surface area (Å²) in [6, 6.07) is -2.53. The molecule has 676 valence electrons. The molecule has 23 heteroatoms. The van der Waals surface area contributed by atoms with Gasteiger partial charge in [-0.05, 0) is 44.9 Å². The lowest BCUT2D eigenvalue weighted by atomic mass is 9.88. The van der Waals surface area contributed by atoms with Crippen LogP contribution in [0.25, 0.3) is 0 Å². The molecule has 0 aromatic carbocycles. The van der Waals surface area contributed by atoms with Crippen LogP contribution in [0.15, 0.2) is 24.3 Å². The predicted octanol–water partition coefficient (Wildman–Crippen LogP) is 15.8. The third-order valence-corrected chi connectivity index (χ3v) is 23.9. The minimum Gasteiger partial charge on any atom is -0.477 e. The number of rotatable bonds is 77. The fraction of sp³-hybridized carbons (Fsp3) is 0.924. The number of carbonyl (C=O) groups excluding carboxylic acids is 2. The maximum Gasteiger partial charge on any atom is 0.364 e. The zero-order valence-corrected chi connectivity index (χ0v) is 72.4. The van der Waals surface area contributed by atoms with Crippen molar-refractivity contribution in [2.75, 3.05) is 26.4 Å². The van der Waals surface area contributed by atoms with Crippen LogP contribution in [-0.2, 0) is 42.8 Å². The van der Waals surface area contributed by atoms with E-state index in [9.17, 15) is 75.7 Å². The molecule has 3 aliphatic heterocycles. The number of carbonyl (C=O) groups is 3. The van der Waals surface area contributed by atoms with Gasteiger partial charge in [-0.25, -0.2) is 4.79 Å². The van der Waals surface area contributed by atoms with E-state index in [1.54, 1.807) is 0 Å². The molecule has 0 bridgehead atoms. The number of nitrogens with one attached hydrogen (secondary N) is 2. The minimum absolute atomic E-state index is 0.226. The molecule has 3 saturated heterocycles. The number of hydrogen-bond acceptors (Lipinski definition) is 20. The van der Waals surface area contributed by atoms with E-state index in [0.717, 1.165) is 64.7 Å². The van der Waals surface area contributed by atoms with E-state index in [4.69, 9.17) is 28.4 Å². The standard InChI is InChI=1S/C92H172N2O21/c1-4-6-8-10-12-14-16-18-20-22-24-26-28-30-31-32-33-34-35-36-37-38-39-40-41-42-44-46-48-50-52-54-56-58-60-62-64-66-79(102)94-73(74(99)65-63-61-59-57-55-53-51-49-47-45-43-29-27-25-23-21-19-17-15-13-11-9-7-5-2)71-110-89-84(106)83(105)86(78(70-97)112-89)113-90-85(107)88(82(104)77(69-96)111-90)115-92(91(108)109)67-75(100)80(93-72(3)98)87(114-92)81(103)76(101)68-95/h31-32,34-35,73-78,80-90,95-97,99-101,103-107H,4-30,33,36-71H2,1-3H3,(H,93,98)(H,94,102)(H,108,109)/b32-31-,35-34-. The number of hydrogen-bond donors (Lipinski definition) is 14. The Morgan fingerprint density at radius 2 is 0.835 bits per heavy atom. The molecular formula is C92H172N2O21. The summed E-state index contributed by atoms with van der Waals surface area (Å²) in [5.74, 6) is -6.09. The smallest absolute Gasteiger partial charge is 0.364 e. The van der Waals surface area contributed by atoms with Crippen LogP contribution in [0.2, 0.25) is 0 Å². The van der Waals surface area contributed by atoms with Gasteiger partial charge in [-0.15, -0.1) is 0 Å². The van der Waals surface area contributed by atoms with E-state index in [1.807, 2.05) is 0 Å². The topological polar surface area (TPSA) is 373 Å². The Morgan fingerprint density at radius 3 is 1.22 bits per heavy atom. The van der Waals surface area contributed by atoms with Crippen molar-refractivity contribution in [3.8, 4) is 0 Å². The summed E-state index contributed by atoms with van der Waals surface area (Å²) in [5, 5.41) is 137. The first-order valence-corrected chi connectivity index (χ1v) is 47.2. The molecule has 0 radical (unpaired) electrons. The number of carboxylic acid groups (broad SMARTS) is 1. The first-order valence-electron chi connectivity index (χ1n) is 47.2. The van der Waals surface area contributed by atoms with Crippen LogP contribution in [0.4, 0.5) is 0 Å². The maximum absolute atomic E-state index is 13.6. The highest BCUT2D eigenvalue weighted by Gasteiger charge is 2.60. The second-order valence-corrected chi connectivity index (χ2v) is 34.2. The summed E-state index contributed by atoms with van der Waals surface area (Å²) in [5.41, 5.74) is 0. The van der Waals surface area contributed by atoms with Gasteiger partial charge in [0.1, 0.15) is 67.1 Å². The van der Waals surface area contributed by atoms with E-state index in [0.29, 0.717) is 19.3 Å². The van der Waals surface area contributed by atoms with Gasteiger partial charge in [0, 0.05) is 19.8 Å². The number of aliphatic hydroxyl groups excluding tert-OH is 11. The summed E-state index contributed by atoms with van der Waals surface area (Å²) in [7, 11) is 0. The first-order chi connectivity index (χ1) is 55.9. The molecule has 23 nitrogen and oxygen atoms in total. The minimum atomic E-state index is -3.08. The van der Waals surface area contributed by atoms with Crippen molar-refractivity contribution in [1.29, 1.82) is 0 Å². The normalized spacial score (nSPS) is 25.1. The number of unbranched alkanes of at least 4 members (excludes halogenated alkanes) is 53. The third kappa shape index (κ3) is 48.0. The summed E-state index contributed by atoms with van der Waals surface area (Å²) >= 11 is 0. The van der Waals surface area contributed by atoms with Gasteiger partial charge in [0.2, 0.25) is 11.8 Å². The largest absolute Gasteiger partial charge is 0.477 e. The summed E-state index contributed by atoms with van der Waals surface area (Å²) in [6.07, 6.45) is 53.3. The van der Waals surface area contributed by atoms with Crippen LogP contribution in [-0.4, -0.2) is 215 Å². The van der Waals surface area contributed by atoms with E-state index < -0.39 is 148 Å². The Labute approximate surface area is 695 Å². The van der Waals surface area contributed by atoms with Gasteiger partial charge in [-0.3, -0.25) is 9.59 Å². The fourth-order valence-electron chi connectivity index (χ4n) is 16.5. The van der Waals surface area contributed by atoms with E-state index >= 15 is 0 Å². The third-order valence-electron chi connectivity index (χ3n) is 23.9. The van der Waals surface area contributed by atoms with Crippen LogP contribution in [0.1, 0.15) is 406 Å². The lowest BCUT2D eigenvalue weighted by Gasteiger charge is -2.50. The predicted molar refractivity (Wildman–Crippen MR) is 454 cm³/mol. The molecule has 14 N–H and O–H groups in total. The zero-order chi connectivity index (χ0) is 83.8. The second kappa shape index (κ2) is 69.7. The molecule has 3 rings (SSSR count). The van der Waals surface area contributed by atoms with Crippen molar-refractivity contribution in [3.05, 3.63) is 24.3 Å². The molecule has 0 saturated carbocycles. The highest BCUT2D eigenvalue weighted by molar-refractivity contribution is 5.77. The number of aliphatic carboxylic acids is 1. The molecule has 0 aliphatic carbocycles. The quantitative estimate of drug-likeness (QED) is 0.0199. The Bertz CT molecular complexity index is 2360. The van der Waals surface area contributed by atoms with E-state index in [2.05, 4.69) is 48.8 Å². The number of aliphatic hydroxyl groups is 11. The van der Waals surface area contributed by atoms with Crippen LogP contribution in [0.5, 0.6) is 0 Å². The zero-order valence-electron chi connectivity index (χ0n) is 72.4. The molecule has 0 aromatic heterocycles. The van der Waals surface area contributed by atoms with Crippen LogP contribution >= 0.6 is 0 Å². The van der Waals surface area contributed by atoms with Gasteiger partial charge in [-0.2, -0.15) is 0 Å². The molecular weight excluding hydrogens is 1470 g/mol. The summed E-state index contributed by atoms with van der Waals surface area (Å²) < 4.78 is 35.1.